The summed E-state index contributed by atoms with van der Waals surface area (Å²) in [5, 5.41) is 13.0. The van der Waals surface area contributed by atoms with Gasteiger partial charge in [0.25, 0.3) is 5.91 Å². The third-order valence-corrected chi connectivity index (χ3v) is 4.69. The smallest absolute Gasteiger partial charge is 0.273 e. The lowest BCUT2D eigenvalue weighted by Gasteiger charge is -2.31. The van der Waals surface area contributed by atoms with Crippen LogP contribution in [0, 0.1) is 0 Å². The molecule has 1 saturated heterocycles. The zero-order chi connectivity index (χ0) is 19.4. The van der Waals surface area contributed by atoms with E-state index in [0.29, 0.717) is 31.6 Å². The van der Waals surface area contributed by atoms with Gasteiger partial charge in [0.05, 0.1) is 12.1 Å². The second-order valence-corrected chi connectivity index (χ2v) is 6.70. The van der Waals surface area contributed by atoms with E-state index in [1.54, 1.807) is 24.9 Å². The van der Waals surface area contributed by atoms with Crippen molar-refractivity contribution in [3.63, 3.8) is 0 Å². The van der Waals surface area contributed by atoms with Gasteiger partial charge in [-0.05, 0) is 13.0 Å². The maximum absolute atomic E-state index is 12.4. The number of benzene rings is 1. The fourth-order valence-corrected chi connectivity index (χ4v) is 2.96. The van der Waals surface area contributed by atoms with Gasteiger partial charge in [-0.1, -0.05) is 18.2 Å². The largest absolute Gasteiger partial charge is 0.353 e. The Morgan fingerprint density at radius 1 is 1.30 bits per heavy atom. The topological polar surface area (TPSA) is 110 Å². The summed E-state index contributed by atoms with van der Waals surface area (Å²) in [4.78, 5) is 40.0. The van der Waals surface area contributed by atoms with Gasteiger partial charge < -0.3 is 15.5 Å². The van der Waals surface area contributed by atoms with Crippen LogP contribution in [0.2, 0.25) is 0 Å². The van der Waals surface area contributed by atoms with Crippen molar-refractivity contribution in [3.8, 4) is 0 Å². The average Bonchev–Trinajstić information content (AvgIpc) is 3.08. The molecule has 27 heavy (non-hydrogen) atoms. The number of hydrogen-bond acceptors (Lipinski definition) is 5. The maximum atomic E-state index is 12.4. The molecule has 0 bridgehead atoms. The number of nitrogens with one attached hydrogen (secondary N) is 3. The number of H-pyrrole nitrogens is 1. The van der Waals surface area contributed by atoms with Crippen LogP contribution in [0.5, 0.6) is 0 Å². The predicted molar refractivity (Wildman–Crippen MR) is 100 cm³/mol. The first-order valence-electron chi connectivity index (χ1n) is 8.93. The molecule has 1 fully saturated rings. The maximum Gasteiger partial charge on any atom is 0.273 e. The predicted octanol–water partition coefficient (Wildman–Crippen LogP) is -0.429. The van der Waals surface area contributed by atoms with Crippen LogP contribution in [0.25, 0.3) is 10.9 Å². The lowest BCUT2D eigenvalue weighted by Crippen LogP contribution is -2.51. The van der Waals surface area contributed by atoms with Crippen LogP contribution in [0.4, 0.5) is 0 Å². The van der Waals surface area contributed by atoms with Crippen molar-refractivity contribution in [1.29, 1.82) is 0 Å². The number of piperazine rings is 1. The summed E-state index contributed by atoms with van der Waals surface area (Å²) in [5.41, 5.74) is 1.03. The molecule has 144 valence electrons. The van der Waals surface area contributed by atoms with Crippen LogP contribution in [0.3, 0.4) is 0 Å². The van der Waals surface area contributed by atoms with Crippen molar-refractivity contribution in [3.05, 3.63) is 30.0 Å². The number of amides is 3. The Kier molecular flexibility index (Phi) is 5.70. The second kappa shape index (κ2) is 8.17. The minimum absolute atomic E-state index is 0.0828. The molecule has 1 aromatic heterocycles. The Labute approximate surface area is 157 Å². The Morgan fingerprint density at radius 3 is 2.85 bits per heavy atom. The summed E-state index contributed by atoms with van der Waals surface area (Å²) >= 11 is 0. The molecule has 2 heterocycles. The van der Waals surface area contributed by atoms with E-state index in [1.165, 1.54) is 0 Å². The SMILES string of the molecule is C[C@H](NC(=O)c1n[nH]c2ccccc12)C(=O)NCCN1CCN(C)C(=O)C1. The van der Waals surface area contributed by atoms with Crippen molar-refractivity contribution in [1.82, 2.24) is 30.6 Å². The lowest BCUT2D eigenvalue weighted by molar-refractivity contribution is -0.134. The fraction of sp³-hybridized carbons (Fsp3) is 0.444. The summed E-state index contributed by atoms with van der Waals surface area (Å²) < 4.78 is 0. The van der Waals surface area contributed by atoms with Gasteiger partial charge in [-0.2, -0.15) is 5.10 Å². The van der Waals surface area contributed by atoms with Crippen LogP contribution in [-0.4, -0.2) is 83.5 Å². The molecule has 1 aromatic carbocycles. The third kappa shape index (κ3) is 4.43. The molecule has 3 amide bonds. The van der Waals surface area contributed by atoms with E-state index >= 15 is 0 Å². The first-order chi connectivity index (χ1) is 13.0. The zero-order valence-corrected chi connectivity index (χ0v) is 15.5. The number of aromatic nitrogens is 2. The van der Waals surface area contributed by atoms with Gasteiger partial charge in [-0.25, -0.2) is 0 Å². The van der Waals surface area contributed by atoms with E-state index in [4.69, 9.17) is 0 Å². The molecule has 0 aliphatic carbocycles. The number of rotatable bonds is 6. The van der Waals surface area contributed by atoms with E-state index in [0.717, 1.165) is 12.1 Å². The zero-order valence-electron chi connectivity index (χ0n) is 15.5. The van der Waals surface area contributed by atoms with E-state index < -0.39 is 11.9 Å². The van der Waals surface area contributed by atoms with Gasteiger partial charge in [0, 0.05) is 38.6 Å². The summed E-state index contributed by atoms with van der Waals surface area (Å²) in [6, 6.07) is 6.62. The van der Waals surface area contributed by atoms with Crippen LogP contribution < -0.4 is 10.6 Å². The van der Waals surface area contributed by atoms with Gasteiger partial charge in [0.2, 0.25) is 11.8 Å². The highest BCUT2D eigenvalue weighted by Gasteiger charge is 2.22. The Bertz CT molecular complexity index is 848. The lowest BCUT2D eigenvalue weighted by atomic mass is 10.2. The molecule has 2 aromatic rings. The minimum Gasteiger partial charge on any atom is -0.353 e. The summed E-state index contributed by atoms with van der Waals surface area (Å²) in [5.74, 6) is -0.595. The normalized spacial score (nSPS) is 16.4. The van der Waals surface area contributed by atoms with Gasteiger partial charge in [-0.15, -0.1) is 0 Å². The molecule has 9 nitrogen and oxygen atoms in total. The first kappa shape index (κ1) is 18.8. The highest BCUT2D eigenvalue weighted by Crippen LogP contribution is 2.14. The molecule has 0 spiro atoms. The van der Waals surface area contributed by atoms with E-state index in [9.17, 15) is 14.4 Å². The molecular weight excluding hydrogens is 348 g/mol. The number of hydrogen-bond donors (Lipinski definition) is 3. The molecule has 1 aliphatic heterocycles. The van der Waals surface area contributed by atoms with Gasteiger partial charge in [-0.3, -0.25) is 24.4 Å². The van der Waals surface area contributed by atoms with Crippen LogP contribution >= 0.6 is 0 Å². The molecular formula is C18H24N6O3. The molecule has 1 aliphatic rings. The highest BCUT2D eigenvalue weighted by atomic mass is 16.2. The molecule has 3 rings (SSSR count). The number of nitrogens with zero attached hydrogens (tertiary/aromatic N) is 3. The quantitative estimate of drug-likeness (QED) is 0.637. The van der Waals surface area contributed by atoms with E-state index in [-0.39, 0.29) is 17.5 Å². The van der Waals surface area contributed by atoms with Crippen LogP contribution in [-0.2, 0) is 9.59 Å². The molecule has 1 atom stereocenters. The molecule has 0 radical (unpaired) electrons. The van der Waals surface area contributed by atoms with Gasteiger partial charge in [0.15, 0.2) is 5.69 Å². The van der Waals surface area contributed by atoms with Crippen molar-refractivity contribution in [2.75, 3.05) is 39.8 Å². The van der Waals surface area contributed by atoms with E-state index in [1.807, 2.05) is 23.1 Å². The number of para-hydroxylation sites is 1. The van der Waals surface area contributed by atoms with Crippen molar-refractivity contribution < 1.29 is 14.4 Å². The summed E-state index contributed by atoms with van der Waals surface area (Å²) in [6.07, 6.45) is 0. The Morgan fingerprint density at radius 2 is 2.07 bits per heavy atom. The second-order valence-electron chi connectivity index (χ2n) is 6.70. The number of likely N-dealkylation sites (N-methyl/N-ethyl adjacent to an activating group) is 1. The summed E-state index contributed by atoms with van der Waals surface area (Å²) in [6.45, 7) is 4.48. The number of carbonyl (C=O) groups is 3. The first-order valence-corrected chi connectivity index (χ1v) is 8.93. The highest BCUT2D eigenvalue weighted by molar-refractivity contribution is 6.05. The molecule has 3 N–H and O–H groups in total. The fourth-order valence-electron chi connectivity index (χ4n) is 2.96. The molecule has 9 heteroatoms. The van der Waals surface area contributed by atoms with Crippen molar-refractivity contribution >= 4 is 28.6 Å². The van der Waals surface area contributed by atoms with Crippen molar-refractivity contribution in [2.45, 2.75) is 13.0 Å². The Balaban J connectivity index is 1.46. The van der Waals surface area contributed by atoms with E-state index in [2.05, 4.69) is 20.8 Å². The standard InChI is InChI=1S/C18H24N6O3/c1-12(17(26)19-7-8-24-10-9-23(2)15(25)11-24)20-18(27)16-13-5-3-4-6-14(13)21-22-16/h3-6,12H,7-11H2,1-2H3,(H,19,26)(H,20,27)(H,21,22)/t12-/m0/s1. The number of fused-ring (bicyclic) bond motifs is 1. The number of carbonyl (C=O) groups excluding carboxylic acids is 3. The van der Waals surface area contributed by atoms with Gasteiger partial charge >= 0.3 is 0 Å². The van der Waals surface area contributed by atoms with Crippen LogP contribution in [0.15, 0.2) is 24.3 Å². The van der Waals surface area contributed by atoms with Crippen molar-refractivity contribution in [2.24, 2.45) is 0 Å². The Hall–Kier alpha value is -2.94. The number of aromatic amines is 1. The van der Waals surface area contributed by atoms with Crippen LogP contribution in [0.1, 0.15) is 17.4 Å². The monoisotopic (exact) mass is 372 g/mol. The van der Waals surface area contributed by atoms with Gasteiger partial charge in [0.1, 0.15) is 6.04 Å². The summed E-state index contributed by atoms with van der Waals surface area (Å²) in [7, 11) is 1.79. The molecule has 0 unspecified atom stereocenters. The third-order valence-electron chi connectivity index (χ3n) is 4.69. The average molecular weight is 372 g/mol. The molecule has 0 saturated carbocycles. The minimum atomic E-state index is -0.693.